The predicted octanol–water partition coefficient (Wildman–Crippen LogP) is 0.793. The number of aliphatic carboxylic acids is 1. The number of hydrogen-bond acceptors (Lipinski definition) is 4. The maximum absolute atomic E-state index is 12.5. The lowest BCUT2D eigenvalue weighted by atomic mass is 9.94. The highest BCUT2D eigenvalue weighted by atomic mass is 32.2. The Balaban J connectivity index is 1.65. The average molecular weight is 298 g/mol. The fraction of sp³-hybridized carbons (Fsp3) is 0.857. The summed E-state index contributed by atoms with van der Waals surface area (Å²) >= 11 is 1.86. The molecule has 1 saturated carbocycles. The molecule has 4 unspecified atom stereocenters. The number of carbonyl (C=O) groups excluding carboxylic acids is 1. The third kappa shape index (κ3) is 2.68. The number of carbonyl (C=O) groups is 2. The largest absolute Gasteiger partial charge is 0.480 e. The molecule has 112 valence electrons. The number of nitrogens with zero attached hydrogens (tertiary/aromatic N) is 1. The zero-order valence-electron chi connectivity index (χ0n) is 11.6. The molecular weight excluding hydrogens is 276 g/mol. The van der Waals surface area contributed by atoms with Gasteiger partial charge in [-0.25, -0.2) is 4.79 Å². The third-order valence-electron chi connectivity index (χ3n) is 4.88. The summed E-state index contributed by atoms with van der Waals surface area (Å²) < 4.78 is 0. The number of fused-ring (bicyclic) bond motifs is 1. The first-order valence-electron chi connectivity index (χ1n) is 7.50. The summed E-state index contributed by atoms with van der Waals surface area (Å²) in [6.07, 6.45) is 3.59. The third-order valence-corrected chi connectivity index (χ3v) is 6.01. The second-order valence-electron chi connectivity index (χ2n) is 6.11. The van der Waals surface area contributed by atoms with Crippen molar-refractivity contribution in [1.82, 2.24) is 10.2 Å². The van der Waals surface area contributed by atoms with E-state index in [4.69, 9.17) is 0 Å². The molecular formula is C14H22N2O3S. The molecule has 2 heterocycles. The molecule has 2 saturated heterocycles. The molecule has 4 atom stereocenters. The zero-order valence-corrected chi connectivity index (χ0v) is 12.4. The van der Waals surface area contributed by atoms with E-state index in [0.717, 1.165) is 37.3 Å². The number of rotatable bonds is 3. The number of thioether (sulfide) groups is 1. The Hall–Kier alpha value is -0.750. The molecule has 2 N–H and O–H groups in total. The summed E-state index contributed by atoms with van der Waals surface area (Å²) in [5, 5.41) is 12.8. The molecule has 3 aliphatic rings. The Kier molecular flexibility index (Phi) is 4.21. The van der Waals surface area contributed by atoms with E-state index in [1.165, 1.54) is 0 Å². The Labute approximate surface area is 123 Å². The van der Waals surface area contributed by atoms with Crippen LogP contribution in [-0.4, -0.2) is 58.6 Å². The highest BCUT2D eigenvalue weighted by molar-refractivity contribution is 7.99. The quantitative estimate of drug-likeness (QED) is 0.806. The molecule has 6 heteroatoms. The second kappa shape index (κ2) is 5.93. The standard InChI is InChI=1S/C14H22N2O3S/c17-12(6-10-8-20-5-4-15-10)16-7-9-2-1-3-11(9)13(16)14(18)19/h9-11,13,15H,1-8H2,(H,18,19). The maximum atomic E-state index is 12.5. The van der Waals surface area contributed by atoms with Crippen LogP contribution in [0.25, 0.3) is 0 Å². The van der Waals surface area contributed by atoms with E-state index >= 15 is 0 Å². The zero-order chi connectivity index (χ0) is 14.1. The number of likely N-dealkylation sites (tertiary alicyclic amines) is 1. The van der Waals surface area contributed by atoms with Crippen molar-refractivity contribution < 1.29 is 14.7 Å². The minimum atomic E-state index is -0.821. The van der Waals surface area contributed by atoms with Crippen molar-refractivity contribution in [3.05, 3.63) is 0 Å². The van der Waals surface area contributed by atoms with Crippen molar-refractivity contribution in [2.45, 2.75) is 37.8 Å². The SMILES string of the molecule is O=C(O)C1C2CCCC2CN1C(=O)CC1CSCCN1. The Morgan fingerprint density at radius 3 is 2.90 bits per heavy atom. The number of amides is 1. The summed E-state index contributed by atoms with van der Waals surface area (Å²) in [6.45, 7) is 1.59. The summed E-state index contributed by atoms with van der Waals surface area (Å²) in [5.41, 5.74) is 0. The fourth-order valence-corrected chi connectivity index (χ4v) is 4.91. The van der Waals surface area contributed by atoms with Gasteiger partial charge >= 0.3 is 5.97 Å². The minimum absolute atomic E-state index is 0.0202. The van der Waals surface area contributed by atoms with Crippen LogP contribution in [0.4, 0.5) is 0 Å². The molecule has 0 spiro atoms. The normalized spacial score (nSPS) is 36.9. The number of nitrogens with one attached hydrogen (secondary N) is 1. The van der Waals surface area contributed by atoms with E-state index in [1.807, 2.05) is 11.8 Å². The first kappa shape index (κ1) is 14.2. The van der Waals surface area contributed by atoms with E-state index in [9.17, 15) is 14.7 Å². The van der Waals surface area contributed by atoms with Gasteiger partial charge in [0.2, 0.25) is 5.91 Å². The van der Waals surface area contributed by atoms with Crippen molar-refractivity contribution in [3.63, 3.8) is 0 Å². The van der Waals surface area contributed by atoms with E-state index in [1.54, 1.807) is 4.90 Å². The fourth-order valence-electron chi connectivity index (χ4n) is 3.96. The van der Waals surface area contributed by atoms with E-state index in [-0.39, 0.29) is 17.9 Å². The number of carboxylic acid groups (broad SMARTS) is 1. The van der Waals surface area contributed by atoms with Gasteiger partial charge in [-0.05, 0) is 24.7 Å². The highest BCUT2D eigenvalue weighted by Crippen LogP contribution is 2.42. The summed E-state index contributed by atoms with van der Waals surface area (Å²) in [5.74, 6) is 1.84. The first-order chi connectivity index (χ1) is 9.66. The molecule has 0 aromatic heterocycles. The molecule has 3 rings (SSSR count). The predicted molar refractivity (Wildman–Crippen MR) is 77.7 cm³/mol. The molecule has 0 aromatic carbocycles. The summed E-state index contributed by atoms with van der Waals surface area (Å²) in [7, 11) is 0. The molecule has 0 aromatic rings. The number of carboxylic acids is 1. The van der Waals surface area contributed by atoms with Gasteiger partial charge in [-0.1, -0.05) is 6.42 Å². The molecule has 3 fully saturated rings. The van der Waals surface area contributed by atoms with Crippen molar-refractivity contribution in [2.75, 3.05) is 24.6 Å². The van der Waals surface area contributed by atoms with Crippen LogP contribution in [0.3, 0.4) is 0 Å². The second-order valence-corrected chi connectivity index (χ2v) is 7.26. The van der Waals surface area contributed by atoms with Gasteiger partial charge in [0.05, 0.1) is 0 Å². The Morgan fingerprint density at radius 2 is 2.20 bits per heavy atom. The van der Waals surface area contributed by atoms with Crippen LogP contribution in [-0.2, 0) is 9.59 Å². The van der Waals surface area contributed by atoms with Gasteiger partial charge < -0.3 is 15.3 Å². The van der Waals surface area contributed by atoms with Gasteiger partial charge in [-0.3, -0.25) is 4.79 Å². The van der Waals surface area contributed by atoms with Crippen LogP contribution in [0.2, 0.25) is 0 Å². The van der Waals surface area contributed by atoms with Crippen molar-refractivity contribution in [3.8, 4) is 0 Å². The Bertz CT molecular complexity index is 398. The van der Waals surface area contributed by atoms with Gasteiger partial charge in [0, 0.05) is 37.1 Å². The van der Waals surface area contributed by atoms with E-state index in [2.05, 4.69) is 5.32 Å². The summed E-state index contributed by atoms with van der Waals surface area (Å²) in [4.78, 5) is 25.7. The van der Waals surface area contributed by atoms with Crippen LogP contribution < -0.4 is 5.32 Å². The lowest BCUT2D eigenvalue weighted by Gasteiger charge is -2.28. The van der Waals surface area contributed by atoms with Gasteiger partial charge in [-0.2, -0.15) is 11.8 Å². The topological polar surface area (TPSA) is 69.6 Å². The Morgan fingerprint density at radius 1 is 1.35 bits per heavy atom. The number of hydrogen-bond donors (Lipinski definition) is 2. The lowest BCUT2D eigenvalue weighted by molar-refractivity contribution is -0.149. The van der Waals surface area contributed by atoms with Gasteiger partial charge in [0.15, 0.2) is 0 Å². The van der Waals surface area contributed by atoms with Crippen LogP contribution >= 0.6 is 11.8 Å². The van der Waals surface area contributed by atoms with Crippen molar-refractivity contribution in [2.24, 2.45) is 11.8 Å². The first-order valence-corrected chi connectivity index (χ1v) is 8.65. The molecule has 0 bridgehead atoms. The molecule has 2 aliphatic heterocycles. The smallest absolute Gasteiger partial charge is 0.326 e. The van der Waals surface area contributed by atoms with Gasteiger partial charge in [-0.15, -0.1) is 0 Å². The molecule has 5 nitrogen and oxygen atoms in total. The van der Waals surface area contributed by atoms with Gasteiger partial charge in [0.25, 0.3) is 0 Å². The average Bonchev–Trinajstić information content (AvgIpc) is 2.98. The molecule has 1 amide bonds. The maximum Gasteiger partial charge on any atom is 0.326 e. The van der Waals surface area contributed by atoms with Crippen LogP contribution in [0.15, 0.2) is 0 Å². The van der Waals surface area contributed by atoms with Crippen LogP contribution in [0.1, 0.15) is 25.7 Å². The van der Waals surface area contributed by atoms with Gasteiger partial charge in [0.1, 0.15) is 6.04 Å². The van der Waals surface area contributed by atoms with E-state index in [0.29, 0.717) is 18.9 Å². The molecule has 1 aliphatic carbocycles. The van der Waals surface area contributed by atoms with Crippen LogP contribution in [0.5, 0.6) is 0 Å². The highest BCUT2D eigenvalue weighted by Gasteiger charge is 2.49. The van der Waals surface area contributed by atoms with E-state index < -0.39 is 12.0 Å². The minimum Gasteiger partial charge on any atom is -0.480 e. The molecule has 20 heavy (non-hydrogen) atoms. The summed E-state index contributed by atoms with van der Waals surface area (Å²) in [6, 6.07) is -0.373. The van der Waals surface area contributed by atoms with Crippen molar-refractivity contribution >= 4 is 23.6 Å². The molecule has 0 radical (unpaired) electrons. The lowest BCUT2D eigenvalue weighted by Crippen LogP contribution is -2.47. The van der Waals surface area contributed by atoms with Crippen molar-refractivity contribution in [1.29, 1.82) is 0 Å². The van der Waals surface area contributed by atoms with Crippen LogP contribution in [0, 0.1) is 11.8 Å². The monoisotopic (exact) mass is 298 g/mol.